The molecule has 2 unspecified atom stereocenters. The summed E-state index contributed by atoms with van der Waals surface area (Å²) in [4.78, 5) is 11.5. The molecule has 0 heterocycles. The van der Waals surface area contributed by atoms with Crippen LogP contribution in [0.4, 0.5) is 13.6 Å². The molecule has 2 atom stereocenters. The van der Waals surface area contributed by atoms with Crippen molar-refractivity contribution in [3.05, 3.63) is 70.8 Å². The Kier molecular flexibility index (Phi) is 6.29. The van der Waals surface area contributed by atoms with Crippen molar-refractivity contribution in [3.63, 3.8) is 0 Å². The summed E-state index contributed by atoms with van der Waals surface area (Å²) in [6, 6.07) is 13.0. The highest BCUT2D eigenvalue weighted by Crippen LogP contribution is 2.24. The van der Waals surface area contributed by atoms with Crippen molar-refractivity contribution in [1.82, 2.24) is 0 Å². The summed E-state index contributed by atoms with van der Waals surface area (Å²) in [7, 11) is 0. The number of alkyl halides is 2. The maximum absolute atomic E-state index is 13.9. The zero-order valence-electron chi connectivity index (χ0n) is 13.7. The third-order valence-electron chi connectivity index (χ3n) is 3.70. The molecule has 0 radical (unpaired) electrons. The summed E-state index contributed by atoms with van der Waals surface area (Å²) in [5, 5.41) is 0. The minimum absolute atomic E-state index is 0.173. The number of ether oxygens (including phenoxy) is 2. The minimum atomic E-state index is -2.00. The first-order chi connectivity index (χ1) is 11.5. The first-order valence-corrected chi connectivity index (χ1v) is 7.86. The Bertz CT molecular complexity index is 596. The summed E-state index contributed by atoms with van der Waals surface area (Å²) in [6.07, 6.45) is -3.76. The van der Waals surface area contributed by atoms with Gasteiger partial charge in [0.25, 0.3) is 12.7 Å². The molecule has 0 fully saturated rings. The van der Waals surface area contributed by atoms with Crippen molar-refractivity contribution in [2.24, 2.45) is 0 Å². The van der Waals surface area contributed by atoms with E-state index in [9.17, 15) is 13.6 Å². The van der Waals surface area contributed by atoms with E-state index in [0.29, 0.717) is 0 Å². The van der Waals surface area contributed by atoms with Crippen LogP contribution in [-0.2, 0) is 22.3 Å². The van der Waals surface area contributed by atoms with Gasteiger partial charge in [-0.1, -0.05) is 62.4 Å². The zero-order chi connectivity index (χ0) is 17.5. The molecule has 5 heteroatoms. The molecular formula is C19H20F2O3. The molecular weight excluding hydrogens is 314 g/mol. The van der Waals surface area contributed by atoms with Crippen LogP contribution in [0.25, 0.3) is 0 Å². The van der Waals surface area contributed by atoms with E-state index in [1.165, 1.54) is 24.3 Å². The molecule has 2 rings (SSSR count). The van der Waals surface area contributed by atoms with Gasteiger partial charge in [-0.25, -0.2) is 4.79 Å². The summed E-state index contributed by atoms with van der Waals surface area (Å²) >= 11 is 0. The Hall–Kier alpha value is -2.43. The molecule has 0 bridgehead atoms. The number of benzene rings is 2. The lowest BCUT2D eigenvalue weighted by Crippen LogP contribution is -2.12. The predicted molar refractivity (Wildman–Crippen MR) is 86.9 cm³/mol. The fourth-order valence-electron chi connectivity index (χ4n) is 2.14. The van der Waals surface area contributed by atoms with Gasteiger partial charge in [-0.3, -0.25) is 0 Å². The van der Waals surface area contributed by atoms with Crippen molar-refractivity contribution < 1.29 is 23.0 Å². The van der Waals surface area contributed by atoms with Gasteiger partial charge < -0.3 is 9.47 Å². The Morgan fingerprint density at radius 2 is 1.12 bits per heavy atom. The number of halogens is 2. The smallest absolute Gasteiger partial charge is 0.395 e. The lowest BCUT2D eigenvalue weighted by molar-refractivity contribution is -0.0767. The Labute approximate surface area is 140 Å². The number of hydrogen-bond acceptors (Lipinski definition) is 3. The molecule has 0 aliphatic rings. The maximum atomic E-state index is 13.9. The molecule has 24 heavy (non-hydrogen) atoms. The molecule has 0 N–H and O–H groups in total. The van der Waals surface area contributed by atoms with Gasteiger partial charge in [0, 0.05) is 11.1 Å². The third kappa shape index (κ3) is 4.78. The summed E-state index contributed by atoms with van der Waals surface area (Å²) in [5.41, 5.74) is 2.42. The van der Waals surface area contributed by atoms with Crippen LogP contribution in [0.3, 0.4) is 0 Å². The van der Waals surface area contributed by atoms with Gasteiger partial charge in [0.1, 0.15) is 0 Å². The van der Waals surface area contributed by atoms with Crippen LogP contribution in [0.5, 0.6) is 0 Å². The molecule has 2 aromatic carbocycles. The Morgan fingerprint density at radius 1 is 0.792 bits per heavy atom. The normalized spacial score (nSPS) is 13.2. The highest BCUT2D eigenvalue weighted by Gasteiger charge is 2.21. The number of hydrogen-bond donors (Lipinski definition) is 0. The fourth-order valence-corrected chi connectivity index (χ4v) is 2.14. The van der Waals surface area contributed by atoms with Gasteiger partial charge in [-0.15, -0.1) is 0 Å². The average molecular weight is 334 g/mol. The third-order valence-corrected chi connectivity index (χ3v) is 3.70. The standard InChI is InChI=1S/C19H20F2O3/c1-3-13-5-9-15(10-6-13)17(20)23-19(22)24-18(21)16-11-7-14(4-2)8-12-16/h5-12,17-18H,3-4H2,1-2H3. The highest BCUT2D eigenvalue weighted by molar-refractivity contribution is 5.60. The van der Waals surface area contributed by atoms with Gasteiger partial charge >= 0.3 is 6.16 Å². The molecule has 128 valence electrons. The molecule has 0 saturated carbocycles. The highest BCUT2D eigenvalue weighted by atomic mass is 19.2. The molecule has 0 aliphatic carbocycles. The van der Waals surface area contributed by atoms with E-state index in [1.807, 2.05) is 13.8 Å². The van der Waals surface area contributed by atoms with Crippen molar-refractivity contribution in [2.45, 2.75) is 39.4 Å². The van der Waals surface area contributed by atoms with E-state index in [0.717, 1.165) is 24.0 Å². The predicted octanol–water partition coefficient (Wildman–Crippen LogP) is 5.60. The molecule has 0 spiro atoms. The molecule has 0 aromatic heterocycles. The van der Waals surface area contributed by atoms with Crippen LogP contribution in [0.15, 0.2) is 48.5 Å². The maximum Gasteiger partial charge on any atom is 0.513 e. The average Bonchev–Trinajstić information content (AvgIpc) is 2.61. The summed E-state index contributed by atoms with van der Waals surface area (Å²) < 4.78 is 36.8. The second-order valence-electron chi connectivity index (χ2n) is 5.31. The molecule has 2 aromatic rings. The number of carbonyl (C=O) groups is 1. The van der Waals surface area contributed by atoms with Crippen molar-refractivity contribution in [3.8, 4) is 0 Å². The van der Waals surface area contributed by atoms with Gasteiger partial charge in [0.15, 0.2) is 0 Å². The van der Waals surface area contributed by atoms with Gasteiger partial charge in [0.2, 0.25) is 0 Å². The van der Waals surface area contributed by atoms with Crippen LogP contribution >= 0.6 is 0 Å². The van der Waals surface area contributed by atoms with E-state index < -0.39 is 18.9 Å². The van der Waals surface area contributed by atoms with E-state index in [1.54, 1.807) is 24.3 Å². The van der Waals surface area contributed by atoms with Crippen molar-refractivity contribution in [1.29, 1.82) is 0 Å². The first kappa shape index (κ1) is 17.9. The van der Waals surface area contributed by atoms with Crippen LogP contribution < -0.4 is 0 Å². The van der Waals surface area contributed by atoms with Crippen LogP contribution in [0.1, 0.15) is 48.8 Å². The quantitative estimate of drug-likeness (QED) is 0.645. The summed E-state index contributed by atoms with van der Waals surface area (Å²) in [5.74, 6) is 0. The van der Waals surface area contributed by atoms with E-state index in [4.69, 9.17) is 0 Å². The van der Waals surface area contributed by atoms with Crippen LogP contribution in [0, 0.1) is 0 Å². The first-order valence-electron chi connectivity index (χ1n) is 7.86. The number of aryl methyl sites for hydroxylation is 2. The zero-order valence-corrected chi connectivity index (χ0v) is 13.7. The molecule has 0 saturated heterocycles. The summed E-state index contributed by atoms with van der Waals surface area (Å²) in [6.45, 7) is 3.95. The topological polar surface area (TPSA) is 35.5 Å². The largest absolute Gasteiger partial charge is 0.513 e. The number of rotatable bonds is 6. The second-order valence-corrected chi connectivity index (χ2v) is 5.31. The van der Waals surface area contributed by atoms with Crippen LogP contribution in [0.2, 0.25) is 0 Å². The number of carbonyl (C=O) groups excluding carboxylic acids is 1. The monoisotopic (exact) mass is 334 g/mol. The molecule has 3 nitrogen and oxygen atoms in total. The lowest BCUT2D eigenvalue weighted by atomic mass is 10.1. The van der Waals surface area contributed by atoms with Gasteiger partial charge in [-0.2, -0.15) is 8.78 Å². The van der Waals surface area contributed by atoms with Crippen LogP contribution in [-0.4, -0.2) is 6.16 Å². The van der Waals surface area contributed by atoms with Gasteiger partial charge in [-0.05, 0) is 24.0 Å². The van der Waals surface area contributed by atoms with E-state index in [-0.39, 0.29) is 11.1 Å². The Morgan fingerprint density at radius 3 is 1.42 bits per heavy atom. The van der Waals surface area contributed by atoms with Crippen molar-refractivity contribution >= 4 is 6.16 Å². The van der Waals surface area contributed by atoms with Crippen molar-refractivity contribution in [2.75, 3.05) is 0 Å². The van der Waals surface area contributed by atoms with E-state index in [2.05, 4.69) is 9.47 Å². The van der Waals surface area contributed by atoms with Gasteiger partial charge in [0.05, 0.1) is 0 Å². The Balaban J connectivity index is 1.90. The fraction of sp³-hybridized carbons (Fsp3) is 0.316. The lowest BCUT2D eigenvalue weighted by Gasteiger charge is -2.13. The molecule has 0 aliphatic heterocycles. The molecule has 0 amide bonds. The minimum Gasteiger partial charge on any atom is -0.395 e. The SMILES string of the molecule is CCc1ccc(C(F)OC(=O)OC(F)c2ccc(CC)cc2)cc1. The second kappa shape index (κ2) is 8.43. The van der Waals surface area contributed by atoms with E-state index >= 15 is 0 Å².